The number of thiophene rings is 1. The lowest BCUT2D eigenvalue weighted by Gasteiger charge is -2.32. The number of aliphatic imine (C=N–C) groups is 1. The van der Waals surface area contributed by atoms with Crippen LogP contribution in [0, 0.1) is 12.7 Å². The fourth-order valence-corrected chi connectivity index (χ4v) is 4.96. The molecule has 1 unspecified atom stereocenters. The molecule has 0 N–H and O–H groups in total. The van der Waals surface area contributed by atoms with Gasteiger partial charge in [0.15, 0.2) is 0 Å². The molecule has 0 radical (unpaired) electrons. The summed E-state index contributed by atoms with van der Waals surface area (Å²) in [6.45, 7) is 5.34. The highest BCUT2D eigenvalue weighted by Crippen LogP contribution is 2.35. The molecule has 0 bridgehead atoms. The standard InChI is InChI=1S/C24H24ClFN2S/c1-3-23-27-15-20-13-16(2)29-24(20)28(23)12-4-5-17-6-8-18(9-7-17)19-10-11-21(25)22(26)14-19/h6-11,13-15,23H,3-5,12H2,1-2H3. The number of anilines is 1. The number of halogens is 2. The van der Waals surface area contributed by atoms with Gasteiger partial charge in [0, 0.05) is 23.2 Å². The van der Waals surface area contributed by atoms with E-state index >= 15 is 0 Å². The predicted octanol–water partition coefficient (Wildman–Crippen LogP) is 7.12. The van der Waals surface area contributed by atoms with Crippen LogP contribution in [0.3, 0.4) is 0 Å². The van der Waals surface area contributed by atoms with Crippen LogP contribution in [0.1, 0.15) is 35.8 Å². The maximum atomic E-state index is 13.7. The molecule has 1 aliphatic heterocycles. The van der Waals surface area contributed by atoms with Gasteiger partial charge in [-0.1, -0.05) is 48.9 Å². The normalized spacial score (nSPS) is 15.6. The van der Waals surface area contributed by atoms with Gasteiger partial charge in [-0.25, -0.2) is 4.39 Å². The molecule has 0 spiro atoms. The first-order chi connectivity index (χ1) is 14.0. The van der Waals surface area contributed by atoms with E-state index in [1.807, 2.05) is 23.6 Å². The fourth-order valence-electron chi connectivity index (χ4n) is 3.79. The number of hydrogen-bond donors (Lipinski definition) is 0. The molecule has 150 valence electrons. The van der Waals surface area contributed by atoms with Gasteiger partial charge in [-0.05, 0) is 61.1 Å². The summed E-state index contributed by atoms with van der Waals surface area (Å²) in [6, 6.07) is 15.5. The lowest BCUT2D eigenvalue weighted by atomic mass is 10.0. The van der Waals surface area contributed by atoms with E-state index in [2.05, 4.69) is 49.1 Å². The molecule has 4 rings (SSSR count). The van der Waals surface area contributed by atoms with Gasteiger partial charge in [0.05, 0.1) is 5.02 Å². The Morgan fingerprint density at radius 2 is 1.86 bits per heavy atom. The lowest BCUT2D eigenvalue weighted by molar-refractivity contribution is 0.581. The lowest BCUT2D eigenvalue weighted by Crippen LogP contribution is -2.36. The van der Waals surface area contributed by atoms with Crippen LogP contribution in [0.25, 0.3) is 11.1 Å². The molecule has 1 aromatic heterocycles. The molecule has 2 nitrogen and oxygen atoms in total. The minimum Gasteiger partial charge on any atom is -0.341 e. The highest BCUT2D eigenvalue weighted by atomic mass is 35.5. The molecule has 0 fully saturated rings. The fraction of sp³-hybridized carbons (Fsp3) is 0.292. The molecule has 1 atom stereocenters. The van der Waals surface area contributed by atoms with E-state index in [-0.39, 0.29) is 17.0 Å². The average Bonchev–Trinajstić information content (AvgIpc) is 3.11. The molecular formula is C24H24ClFN2S. The van der Waals surface area contributed by atoms with E-state index in [0.29, 0.717) is 0 Å². The third-order valence-electron chi connectivity index (χ3n) is 5.31. The maximum absolute atomic E-state index is 13.7. The highest BCUT2D eigenvalue weighted by Gasteiger charge is 2.23. The van der Waals surface area contributed by atoms with Crippen molar-refractivity contribution in [2.75, 3.05) is 11.4 Å². The van der Waals surface area contributed by atoms with Gasteiger partial charge in [-0.15, -0.1) is 11.3 Å². The van der Waals surface area contributed by atoms with E-state index in [1.54, 1.807) is 6.07 Å². The quantitative estimate of drug-likeness (QED) is 0.409. The molecule has 0 aliphatic carbocycles. The summed E-state index contributed by atoms with van der Waals surface area (Å²) >= 11 is 7.64. The van der Waals surface area contributed by atoms with Gasteiger partial charge < -0.3 is 4.90 Å². The molecule has 2 heterocycles. The van der Waals surface area contributed by atoms with Crippen LogP contribution in [0.2, 0.25) is 5.02 Å². The third kappa shape index (κ3) is 4.39. The number of fused-ring (bicyclic) bond motifs is 1. The van der Waals surface area contributed by atoms with Gasteiger partial charge in [0.2, 0.25) is 0 Å². The van der Waals surface area contributed by atoms with E-state index in [0.717, 1.165) is 36.9 Å². The molecule has 29 heavy (non-hydrogen) atoms. The monoisotopic (exact) mass is 426 g/mol. The second-order valence-electron chi connectivity index (χ2n) is 7.41. The van der Waals surface area contributed by atoms with Crippen molar-refractivity contribution in [3.8, 4) is 11.1 Å². The summed E-state index contributed by atoms with van der Waals surface area (Å²) in [4.78, 5) is 8.52. The van der Waals surface area contributed by atoms with Crippen molar-refractivity contribution in [2.45, 2.75) is 39.3 Å². The number of aryl methyl sites for hydroxylation is 2. The first-order valence-corrected chi connectivity index (χ1v) is 11.2. The molecule has 0 saturated carbocycles. The second-order valence-corrected chi connectivity index (χ2v) is 9.05. The zero-order chi connectivity index (χ0) is 20.4. The van der Waals surface area contributed by atoms with Crippen molar-refractivity contribution < 1.29 is 4.39 Å². The minimum atomic E-state index is -0.383. The Labute approximate surface area is 180 Å². The van der Waals surface area contributed by atoms with Crippen LogP contribution < -0.4 is 4.90 Å². The molecule has 3 aromatic rings. The predicted molar refractivity (Wildman–Crippen MR) is 123 cm³/mol. The Balaban J connectivity index is 1.40. The van der Waals surface area contributed by atoms with Crippen LogP contribution in [-0.4, -0.2) is 18.9 Å². The van der Waals surface area contributed by atoms with Gasteiger partial charge in [0.1, 0.15) is 17.0 Å². The van der Waals surface area contributed by atoms with E-state index in [1.165, 1.54) is 27.1 Å². The Hall–Kier alpha value is -2.17. The molecule has 0 saturated heterocycles. The molecular weight excluding hydrogens is 403 g/mol. The van der Waals surface area contributed by atoms with Crippen molar-refractivity contribution >= 4 is 34.2 Å². The zero-order valence-corrected chi connectivity index (χ0v) is 18.2. The highest BCUT2D eigenvalue weighted by molar-refractivity contribution is 7.16. The van der Waals surface area contributed by atoms with Crippen molar-refractivity contribution in [1.82, 2.24) is 0 Å². The van der Waals surface area contributed by atoms with Crippen molar-refractivity contribution in [1.29, 1.82) is 0 Å². The minimum absolute atomic E-state index is 0.155. The number of nitrogens with zero attached hydrogens (tertiary/aromatic N) is 2. The van der Waals surface area contributed by atoms with Crippen LogP contribution in [0.4, 0.5) is 9.39 Å². The van der Waals surface area contributed by atoms with Crippen molar-refractivity contribution in [3.05, 3.63) is 75.4 Å². The van der Waals surface area contributed by atoms with Crippen LogP contribution in [0.5, 0.6) is 0 Å². The van der Waals surface area contributed by atoms with Gasteiger partial charge >= 0.3 is 0 Å². The third-order valence-corrected chi connectivity index (χ3v) is 6.72. The summed E-state index contributed by atoms with van der Waals surface area (Å²) in [5, 5.41) is 1.51. The van der Waals surface area contributed by atoms with Crippen LogP contribution in [0.15, 0.2) is 53.5 Å². The number of benzene rings is 2. The van der Waals surface area contributed by atoms with Gasteiger partial charge in [-0.3, -0.25) is 4.99 Å². The largest absolute Gasteiger partial charge is 0.341 e. The topological polar surface area (TPSA) is 15.6 Å². The Morgan fingerprint density at radius 3 is 2.59 bits per heavy atom. The first kappa shape index (κ1) is 20.1. The zero-order valence-electron chi connectivity index (χ0n) is 16.7. The molecule has 1 aliphatic rings. The van der Waals surface area contributed by atoms with Crippen LogP contribution >= 0.6 is 22.9 Å². The van der Waals surface area contributed by atoms with Gasteiger partial charge in [0.25, 0.3) is 0 Å². The van der Waals surface area contributed by atoms with E-state index in [9.17, 15) is 4.39 Å². The maximum Gasteiger partial charge on any atom is 0.142 e. The SMILES string of the molecule is CCC1N=Cc2cc(C)sc2N1CCCc1ccc(-c2ccc(Cl)c(F)c2)cc1. The summed E-state index contributed by atoms with van der Waals surface area (Å²) in [5.74, 6) is -0.383. The van der Waals surface area contributed by atoms with Crippen molar-refractivity contribution in [2.24, 2.45) is 4.99 Å². The average molecular weight is 427 g/mol. The Bertz CT molecular complexity index is 1030. The molecule has 5 heteroatoms. The summed E-state index contributed by atoms with van der Waals surface area (Å²) in [7, 11) is 0. The molecule has 0 amide bonds. The second kappa shape index (κ2) is 8.68. The van der Waals surface area contributed by atoms with E-state index in [4.69, 9.17) is 16.6 Å². The number of hydrogen-bond acceptors (Lipinski definition) is 3. The number of rotatable bonds is 6. The first-order valence-electron chi connectivity index (χ1n) is 9.99. The van der Waals surface area contributed by atoms with E-state index < -0.39 is 0 Å². The Morgan fingerprint density at radius 1 is 1.10 bits per heavy atom. The smallest absolute Gasteiger partial charge is 0.142 e. The van der Waals surface area contributed by atoms with Gasteiger partial charge in [-0.2, -0.15) is 0 Å². The summed E-state index contributed by atoms with van der Waals surface area (Å²) in [6.07, 6.45) is 5.35. The summed E-state index contributed by atoms with van der Waals surface area (Å²) in [5.41, 5.74) is 4.38. The van der Waals surface area contributed by atoms with Crippen LogP contribution in [-0.2, 0) is 6.42 Å². The molecule has 2 aromatic carbocycles. The van der Waals surface area contributed by atoms with Crippen molar-refractivity contribution in [3.63, 3.8) is 0 Å². The Kier molecular flexibility index (Phi) is 6.02. The summed E-state index contributed by atoms with van der Waals surface area (Å²) < 4.78 is 13.7.